The molecule has 2 nitrogen and oxygen atoms in total. The van der Waals surface area contributed by atoms with Crippen LogP contribution in [0.4, 0.5) is 32.0 Å². The molecule has 0 amide bonds. The van der Waals surface area contributed by atoms with E-state index in [1.807, 2.05) is 0 Å². The quantitative estimate of drug-likeness (QED) is 0.561. The molecule has 0 saturated carbocycles. The van der Waals surface area contributed by atoms with E-state index in [9.17, 15) is 26.3 Å². The highest BCUT2D eigenvalue weighted by Gasteiger charge is 2.35. The van der Waals surface area contributed by atoms with E-state index < -0.39 is 23.2 Å². The topological polar surface area (TPSA) is 25.2 Å². The number of pyridine rings is 1. The van der Waals surface area contributed by atoms with Gasteiger partial charge in [0.2, 0.25) is 5.17 Å². The van der Waals surface area contributed by atoms with E-state index in [1.54, 1.807) is 0 Å². The molecule has 0 spiro atoms. The van der Waals surface area contributed by atoms with Crippen LogP contribution in [0.5, 0.6) is 0 Å². The Labute approximate surface area is 102 Å². The van der Waals surface area contributed by atoms with Gasteiger partial charge in [-0.3, -0.25) is 0 Å². The van der Waals surface area contributed by atoms with Crippen molar-refractivity contribution in [2.75, 3.05) is 0 Å². The number of halogens is 7. The van der Waals surface area contributed by atoms with Crippen molar-refractivity contribution in [3.8, 4) is 0 Å². The first kappa shape index (κ1) is 14.7. The first-order valence-corrected chi connectivity index (χ1v) is 4.76. The number of nitrogens with zero attached hydrogens (tertiary/aromatic N) is 2. The number of aromatic nitrogens is 1. The number of aliphatic imine (C=N–C) groups is 1. The highest BCUT2D eigenvalue weighted by molar-refractivity contribution is 6.67. The summed E-state index contributed by atoms with van der Waals surface area (Å²) in [5, 5.41) is -1.67. The van der Waals surface area contributed by atoms with Crippen LogP contribution in [-0.2, 0) is 6.18 Å². The van der Waals surface area contributed by atoms with Gasteiger partial charge in [-0.05, 0) is 19.1 Å². The molecule has 0 aliphatic heterocycles. The van der Waals surface area contributed by atoms with Crippen LogP contribution in [0.15, 0.2) is 17.1 Å². The van der Waals surface area contributed by atoms with E-state index in [1.165, 1.54) is 0 Å². The van der Waals surface area contributed by atoms with Crippen LogP contribution >= 0.6 is 11.6 Å². The minimum atomic E-state index is -4.85. The molecule has 18 heavy (non-hydrogen) atoms. The molecule has 1 aromatic rings. The summed E-state index contributed by atoms with van der Waals surface area (Å²) in [6.07, 6.45) is -9.52. The third-order valence-electron chi connectivity index (χ3n) is 1.80. The molecular formula is C9H5ClF6N2. The molecule has 0 fully saturated rings. The fourth-order valence-electron chi connectivity index (χ4n) is 0.999. The van der Waals surface area contributed by atoms with Gasteiger partial charge in [-0.2, -0.15) is 26.3 Å². The zero-order valence-corrected chi connectivity index (χ0v) is 9.45. The predicted octanol–water partition coefficient (Wildman–Crippen LogP) is 4.24. The summed E-state index contributed by atoms with van der Waals surface area (Å²) in [5.74, 6) is 0. The summed E-state index contributed by atoms with van der Waals surface area (Å²) in [5.41, 5.74) is -1.88. The van der Waals surface area contributed by atoms with Crippen LogP contribution in [0.2, 0.25) is 0 Å². The van der Waals surface area contributed by atoms with Gasteiger partial charge in [-0.25, -0.2) is 9.98 Å². The normalized spacial score (nSPS) is 13.9. The summed E-state index contributed by atoms with van der Waals surface area (Å²) in [6, 6.07) is 1.31. The van der Waals surface area contributed by atoms with Crippen LogP contribution in [-0.4, -0.2) is 16.3 Å². The van der Waals surface area contributed by atoms with Crippen LogP contribution < -0.4 is 0 Å². The molecule has 1 heterocycles. The molecule has 0 unspecified atom stereocenters. The zero-order valence-electron chi connectivity index (χ0n) is 8.69. The Morgan fingerprint density at radius 2 is 1.72 bits per heavy atom. The lowest BCUT2D eigenvalue weighted by molar-refractivity contribution is -0.141. The molecule has 0 saturated heterocycles. The van der Waals surface area contributed by atoms with Gasteiger partial charge >= 0.3 is 12.4 Å². The Bertz CT molecular complexity index is 477. The van der Waals surface area contributed by atoms with Gasteiger partial charge in [-0.1, -0.05) is 11.6 Å². The lowest BCUT2D eigenvalue weighted by Gasteiger charge is -2.08. The maximum atomic E-state index is 12.2. The van der Waals surface area contributed by atoms with E-state index in [4.69, 9.17) is 11.6 Å². The first-order valence-electron chi connectivity index (χ1n) is 4.38. The van der Waals surface area contributed by atoms with Crippen LogP contribution in [0.3, 0.4) is 0 Å². The number of hydrogen-bond donors (Lipinski definition) is 0. The van der Waals surface area contributed by atoms with Crippen molar-refractivity contribution in [3.05, 3.63) is 23.5 Å². The van der Waals surface area contributed by atoms with E-state index in [-0.39, 0.29) is 11.4 Å². The number of hydrogen-bond acceptors (Lipinski definition) is 2. The van der Waals surface area contributed by atoms with Crippen molar-refractivity contribution in [3.63, 3.8) is 0 Å². The average Bonchev–Trinajstić information content (AvgIpc) is 2.17. The molecule has 100 valence electrons. The fraction of sp³-hybridized carbons (Fsp3) is 0.333. The molecule has 1 rings (SSSR count). The number of rotatable bonds is 1. The standard InChI is InChI=1S/C9H5ClF6N2/c1-4-5(18-7(10)9(14,15)16)2-3-6(17-4)8(11,12)13/h2-3H,1H3. The number of alkyl halides is 6. The number of aryl methyl sites for hydroxylation is 1. The van der Waals surface area contributed by atoms with E-state index in [2.05, 4.69) is 9.98 Å². The summed E-state index contributed by atoms with van der Waals surface area (Å²) in [7, 11) is 0. The third-order valence-corrected chi connectivity index (χ3v) is 2.10. The molecule has 0 aromatic carbocycles. The molecule has 0 N–H and O–H groups in total. The van der Waals surface area contributed by atoms with Gasteiger partial charge in [-0.15, -0.1) is 0 Å². The van der Waals surface area contributed by atoms with Crippen molar-refractivity contribution in [1.29, 1.82) is 0 Å². The van der Waals surface area contributed by atoms with Crippen LogP contribution in [0.25, 0.3) is 0 Å². The van der Waals surface area contributed by atoms with Crippen molar-refractivity contribution >= 4 is 22.5 Å². The van der Waals surface area contributed by atoms with Gasteiger partial charge < -0.3 is 0 Å². The van der Waals surface area contributed by atoms with Crippen molar-refractivity contribution in [1.82, 2.24) is 4.98 Å². The zero-order chi connectivity index (χ0) is 14.1. The lowest BCUT2D eigenvalue weighted by Crippen LogP contribution is -2.16. The Kier molecular flexibility index (Phi) is 3.89. The highest BCUT2D eigenvalue weighted by Crippen LogP contribution is 2.31. The van der Waals surface area contributed by atoms with Gasteiger partial charge in [0.15, 0.2) is 0 Å². The minimum Gasteiger partial charge on any atom is -0.246 e. The van der Waals surface area contributed by atoms with E-state index in [0.717, 1.165) is 13.0 Å². The monoisotopic (exact) mass is 290 g/mol. The van der Waals surface area contributed by atoms with Gasteiger partial charge in [0.05, 0.1) is 11.4 Å². The average molecular weight is 291 g/mol. The van der Waals surface area contributed by atoms with Crippen LogP contribution in [0.1, 0.15) is 11.4 Å². The molecule has 0 aliphatic rings. The van der Waals surface area contributed by atoms with E-state index >= 15 is 0 Å². The van der Waals surface area contributed by atoms with Gasteiger partial charge in [0, 0.05) is 0 Å². The lowest BCUT2D eigenvalue weighted by atomic mass is 10.2. The molecule has 1 aromatic heterocycles. The summed E-state index contributed by atoms with van der Waals surface area (Å²) in [6.45, 7) is 1.11. The van der Waals surface area contributed by atoms with Crippen molar-refractivity contribution in [2.45, 2.75) is 19.3 Å². The van der Waals surface area contributed by atoms with Crippen LogP contribution in [0, 0.1) is 6.92 Å². The fourth-order valence-corrected chi connectivity index (χ4v) is 1.09. The Morgan fingerprint density at radius 1 is 1.17 bits per heavy atom. The Morgan fingerprint density at radius 3 is 2.11 bits per heavy atom. The molecule has 0 atom stereocenters. The Hall–Kier alpha value is -1.31. The van der Waals surface area contributed by atoms with Crippen molar-refractivity contribution < 1.29 is 26.3 Å². The van der Waals surface area contributed by atoms with Crippen molar-refractivity contribution in [2.24, 2.45) is 4.99 Å². The van der Waals surface area contributed by atoms with Gasteiger partial charge in [0.1, 0.15) is 5.69 Å². The Balaban J connectivity index is 3.16. The second-order valence-electron chi connectivity index (χ2n) is 3.20. The third kappa shape index (κ3) is 3.59. The summed E-state index contributed by atoms with van der Waals surface area (Å²) in [4.78, 5) is 6.10. The second kappa shape index (κ2) is 4.75. The molecule has 9 heteroatoms. The first-order chi connectivity index (χ1) is 8.01. The maximum Gasteiger partial charge on any atom is 0.444 e. The second-order valence-corrected chi connectivity index (χ2v) is 3.56. The minimum absolute atomic E-state index is 0.299. The maximum absolute atomic E-state index is 12.2. The highest BCUT2D eigenvalue weighted by atomic mass is 35.5. The molecule has 0 radical (unpaired) electrons. The smallest absolute Gasteiger partial charge is 0.246 e. The molecule has 0 bridgehead atoms. The van der Waals surface area contributed by atoms with E-state index in [0.29, 0.717) is 6.07 Å². The SMILES string of the molecule is Cc1nc(C(F)(F)F)ccc1N=C(Cl)C(F)(F)F. The molecular weight excluding hydrogens is 286 g/mol. The molecule has 0 aliphatic carbocycles. The summed E-state index contributed by atoms with van der Waals surface area (Å²) < 4.78 is 73.0. The van der Waals surface area contributed by atoms with Gasteiger partial charge in [0.25, 0.3) is 0 Å². The predicted molar refractivity (Wildman–Crippen MR) is 53.0 cm³/mol. The summed E-state index contributed by atoms with van der Waals surface area (Å²) >= 11 is 4.87. The largest absolute Gasteiger partial charge is 0.444 e.